The fourth-order valence-electron chi connectivity index (χ4n) is 1.99. The van der Waals surface area contributed by atoms with E-state index in [9.17, 15) is 8.42 Å². The molecule has 2 rings (SSSR count). The van der Waals surface area contributed by atoms with E-state index in [0.29, 0.717) is 32.7 Å². The minimum absolute atomic E-state index is 0.127. The average molecular weight is 288 g/mol. The Morgan fingerprint density at radius 3 is 2.79 bits per heavy atom. The van der Waals surface area contributed by atoms with E-state index in [2.05, 4.69) is 4.72 Å². The highest BCUT2D eigenvalue weighted by atomic mass is 32.2. The van der Waals surface area contributed by atoms with Gasteiger partial charge in [-0.1, -0.05) is 0 Å². The Bertz CT molecular complexity index is 466. The first-order valence-electron chi connectivity index (χ1n) is 6.45. The molecule has 0 aliphatic carbocycles. The maximum absolute atomic E-state index is 12.1. The zero-order valence-corrected chi connectivity index (χ0v) is 11.9. The van der Waals surface area contributed by atoms with Crippen LogP contribution in [0.15, 0.2) is 22.8 Å². The standard InChI is InChI=1S/C12H20N2O4S/c1-11(4-5-12-3-2-8-18-12)13-19(15,16)14-6-9-17-10-7-14/h2-3,8,11,13H,4-7,9-10H2,1H3/t11-/m0/s1. The third kappa shape index (κ3) is 4.31. The number of nitrogens with zero attached hydrogens (tertiary/aromatic N) is 1. The second-order valence-corrected chi connectivity index (χ2v) is 6.36. The Morgan fingerprint density at radius 1 is 1.42 bits per heavy atom. The van der Waals surface area contributed by atoms with Crippen LogP contribution in [-0.4, -0.2) is 45.1 Å². The van der Waals surface area contributed by atoms with Crippen LogP contribution in [0.4, 0.5) is 0 Å². The summed E-state index contributed by atoms with van der Waals surface area (Å²) in [6.07, 6.45) is 3.05. The summed E-state index contributed by atoms with van der Waals surface area (Å²) < 4.78 is 38.7. The summed E-state index contributed by atoms with van der Waals surface area (Å²) in [5, 5.41) is 0. The van der Waals surface area contributed by atoms with Crippen molar-refractivity contribution in [3.8, 4) is 0 Å². The van der Waals surface area contributed by atoms with Gasteiger partial charge in [0.25, 0.3) is 10.2 Å². The lowest BCUT2D eigenvalue weighted by Gasteiger charge is -2.27. The molecule has 1 saturated heterocycles. The fourth-order valence-corrected chi connectivity index (χ4v) is 3.39. The molecule has 0 spiro atoms. The third-order valence-electron chi connectivity index (χ3n) is 3.06. The first-order chi connectivity index (χ1) is 9.08. The quantitative estimate of drug-likeness (QED) is 0.839. The highest BCUT2D eigenvalue weighted by molar-refractivity contribution is 7.87. The van der Waals surface area contributed by atoms with Crippen LogP contribution < -0.4 is 4.72 Å². The molecule has 1 fully saturated rings. The Balaban J connectivity index is 1.81. The molecule has 0 aromatic carbocycles. The molecule has 0 bridgehead atoms. The molecule has 1 N–H and O–H groups in total. The van der Waals surface area contributed by atoms with E-state index < -0.39 is 10.2 Å². The van der Waals surface area contributed by atoms with Gasteiger partial charge < -0.3 is 9.15 Å². The van der Waals surface area contributed by atoms with Gasteiger partial charge in [0.15, 0.2) is 0 Å². The van der Waals surface area contributed by atoms with Crippen molar-refractivity contribution in [2.75, 3.05) is 26.3 Å². The van der Waals surface area contributed by atoms with Crippen molar-refractivity contribution in [1.29, 1.82) is 0 Å². The van der Waals surface area contributed by atoms with E-state index in [0.717, 1.165) is 12.2 Å². The Morgan fingerprint density at radius 2 is 2.16 bits per heavy atom. The van der Waals surface area contributed by atoms with Crippen LogP contribution >= 0.6 is 0 Å². The fraction of sp³-hybridized carbons (Fsp3) is 0.667. The molecule has 19 heavy (non-hydrogen) atoms. The van der Waals surface area contributed by atoms with Crippen molar-refractivity contribution in [3.63, 3.8) is 0 Å². The highest BCUT2D eigenvalue weighted by Gasteiger charge is 2.25. The summed E-state index contributed by atoms with van der Waals surface area (Å²) in [4.78, 5) is 0. The lowest BCUT2D eigenvalue weighted by Crippen LogP contribution is -2.49. The minimum Gasteiger partial charge on any atom is -0.469 e. The van der Waals surface area contributed by atoms with Gasteiger partial charge in [-0.25, -0.2) is 0 Å². The molecule has 0 saturated carbocycles. The summed E-state index contributed by atoms with van der Waals surface area (Å²) in [6, 6.07) is 3.60. The van der Waals surface area contributed by atoms with Gasteiger partial charge in [0.2, 0.25) is 0 Å². The van der Waals surface area contributed by atoms with E-state index in [1.165, 1.54) is 4.31 Å². The van der Waals surface area contributed by atoms with Gasteiger partial charge in [-0.05, 0) is 25.5 Å². The number of rotatable bonds is 6. The van der Waals surface area contributed by atoms with Gasteiger partial charge in [0.1, 0.15) is 5.76 Å². The van der Waals surface area contributed by atoms with Gasteiger partial charge in [-0.2, -0.15) is 17.4 Å². The monoisotopic (exact) mass is 288 g/mol. The molecule has 6 nitrogen and oxygen atoms in total. The second kappa shape index (κ2) is 6.51. The van der Waals surface area contributed by atoms with Crippen LogP contribution in [0.25, 0.3) is 0 Å². The summed E-state index contributed by atoms with van der Waals surface area (Å²) >= 11 is 0. The number of furan rings is 1. The van der Waals surface area contributed by atoms with E-state index in [4.69, 9.17) is 9.15 Å². The van der Waals surface area contributed by atoms with Crippen molar-refractivity contribution in [1.82, 2.24) is 9.03 Å². The molecular weight excluding hydrogens is 268 g/mol. The Labute approximate surface area is 113 Å². The van der Waals surface area contributed by atoms with Gasteiger partial charge in [0.05, 0.1) is 19.5 Å². The first-order valence-corrected chi connectivity index (χ1v) is 7.89. The number of nitrogens with one attached hydrogen (secondary N) is 1. The molecule has 7 heteroatoms. The normalized spacial score (nSPS) is 19.4. The molecular formula is C12H20N2O4S. The van der Waals surface area contributed by atoms with Crippen LogP contribution in [0.2, 0.25) is 0 Å². The predicted molar refractivity (Wildman–Crippen MR) is 70.9 cm³/mol. The van der Waals surface area contributed by atoms with Crippen molar-refractivity contribution in [2.45, 2.75) is 25.8 Å². The van der Waals surface area contributed by atoms with E-state index in [1.54, 1.807) is 6.26 Å². The highest BCUT2D eigenvalue weighted by Crippen LogP contribution is 2.08. The molecule has 1 aromatic heterocycles. The number of aryl methyl sites for hydroxylation is 1. The van der Waals surface area contributed by atoms with E-state index >= 15 is 0 Å². The maximum Gasteiger partial charge on any atom is 0.279 e. The maximum atomic E-state index is 12.1. The molecule has 0 amide bonds. The summed E-state index contributed by atoms with van der Waals surface area (Å²) in [5.41, 5.74) is 0. The smallest absolute Gasteiger partial charge is 0.279 e. The summed E-state index contributed by atoms with van der Waals surface area (Å²) in [6.45, 7) is 3.62. The molecule has 2 heterocycles. The summed E-state index contributed by atoms with van der Waals surface area (Å²) in [7, 11) is -3.40. The average Bonchev–Trinajstić information content (AvgIpc) is 2.90. The minimum atomic E-state index is -3.40. The van der Waals surface area contributed by atoms with Crippen LogP contribution in [0.3, 0.4) is 0 Å². The topological polar surface area (TPSA) is 71.8 Å². The molecule has 1 atom stereocenters. The SMILES string of the molecule is C[C@@H](CCc1ccco1)NS(=O)(=O)N1CCOCC1. The van der Waals surface area contributed by atoms with Gasteiger partial charge in [0, 0.05) is 25.6 Å². The van der Waals surface area contributed by atoms with E-state index in [1.807, 2.05) is 19.1 Å². The number of hydrogen-bond acceptors (Lipinski definition) is 4. The number of morpholine rings is 1. The largest absolute Gasteiger partial charge is 0.469 e. The molecule has 0 radical (unpaired) electrons. The van der Waals surface area contributed by atoms with Crippen LogP contribution in [0, 0.1) is 0 Å². The Hall–Kier alpha value is -0.890. The lowest BCUT2D eigenvalue weighted by molar-refractivity contribution is 0.0723. The number of hydrogen-bond donors (Lipinski definition) is 1. The van der Waals surface area contributed by atoms with Crippen LogP contribution in [0.5, 0.6) is 0 Å². The van der Waals surface area contributed by atoms with E-state index in [-0.39, 0.29) is 6.04 Å². The van der Waals surface area contributed by atoms with Gasteiger partial charge in [-0.15, -0.1) is 0 Å². The molecule has 1 aromatic rings. The van der Waals surface area contributed by atoms with Crippen LogP contribution in [0.1, 0.15) is 19.1 Å². The predicted octanol–water partition coefficient (Wildman–Crippen LogP) is 0.767. The van der Waals surface area contributed by atoms with Gasteiger partial charge >= 0.3 is 0 Å². The van der Waals surface area contributed by atoms with Gasteiger partial charge in [-0.3, -0.25) is 0 Å². The second-order valence-electron chi connectivity index (χ2n) is 4.65. The summed E-state index contributed by atoms with van der Waals surface area (Å²) in [5.74, 6) is 0.873. The lowest BCUT2D eigenvalue weighted by atomic mass is 10.2. The zero-order chi connectivity index (χ0) is 13.7. The Kier molecular flexibility index (Phi) is 4.98. The molecule has 0 unspecified atom stereocenters. The van der Waals surface area contributed by atoms with Crippen molar-refractivity contribution in [2.24, 2.45) is 0 Å². The first kappa shape index (κ1) is 14.5. The zero-order valence-electron chi connectivity index (χ0n) is 11.0. The molecule has 1 aliphatic rings. The van der Waals surface area contributed by atoms with Crippen molar-refractivity contribution >= 4 is 10.2 Å². The molecule has 1 aliphatic heterocycles. The van der Waals surface area contributed by atoms with Crippen molar-refractivity contribution in [3.05, 3.63) is 24.2 Å². The number of ether oxygens (including phenoxy) is 1. The van der Waals surface area contributed by atoms with Crippen molar-refractivity contribution < 1.29 is 17.6 Å². The third-order valence-corrected chi connectivity index (χ3v) is 4.81. The van der Waals surface area contributed by atoms with Crippen LogP contribution in [-0.2, 0) is 21.4 Å². The molecule has 108 valence electrons.